The smallest absolute Gasteiger partial charge is 0.0991 e. The monoisotopic (exact) mass is 321 g/mol. The highest BCUT2D eigenvalue weighted by atomic mass is 35.5. The normalized spacial score (nSPS) is 16.8. The zero-order chi connectivity index (χ0) is 15.8. The van der Waals surface area contributed by atoms with Crippen molar-refractivity contribution in [2.75, 3.05) is 5.32 Å². The van der Waals surface area contributed by atoms with Crippen LogP contribution in [0.3, 0.4) is 0 Å². The van der Waals surface area contributed by atoms with Crippen LogP contribution in [0.5, 0.6) is 0 Å². The summed E-state index contributed by atoms with van der Waals surface area (Å²) in [5.74, 6) is 0. The van der Waals surface area contributed by atoms with E-state index in [0.717, 1.165) is 35.5 Å². The molecule has 23 heavy (non-hydrogen) atoms. The molecule has 0 amide bonds. The first-order valence-electron chi connectivity index (χ1n) is 7.81. The predicted octanol–water partition coefficient (Wildman–Crippen LogP) is 5.18. The summed E-state index contributed by atoms with van der Waals surface area (Å²) in [7, 11) is 0. The van der Waals surface area contributed by atoms with Crippen molar-refractivity contribution >= 4 is 28.2 Å². The topological polar surface area (TPSA) is 51.6 Å². The van der Waals surface area contributed by atoms with Crippen LogP contribution >= 0.6 is 11.6 Å². The number of aryl methyl sites for hydroxylation is 1. The lowest BCUT2D eigenvalue weighted by Crippen LogP contribution is -2.17. The largest absolute Gasteiger partial charge is 0.377 e. The van der Waals surface area contributed by atoms with Crippen LogP contribution in [0.1, 0.15) is 35.7 Å². The van der Waals surface area contributed by atoms with Crippen LogP contribution in [-0.4, -0.2) is 4.98 Å². The average Bonchev–Trinajstić information content (AvgIpc) is 2.95. The molecule has 114 valence electrons. The van der Waals surface area contributed by atoms with E-state index in [4.69, 9.17) is 16.9 Å². The van der Waals surface area contributed by atoms with Crippen molar-refractivity contribution < 1.29 is 0 Å². The highest BCUT2D eigenvalue weighted by Crippen LogP contribution is 2.37. The first-order chi connectivity index (χ1) is 11.2. The Kier molecular flexibility index (Phi) is 3.48. The standard InChI is InChI=1S/C19H16ClN3/c20-13-6-9-17-16(10-13)15-2-1-3-18(19(15)23-17)22-14-7-4-12(11-21)5-8-14/h4-10,18,22-23H,1-3H2/t18-/m1/s1. The molecule has 1 aliphatic rings. The van der Waals surface area contributed by atoms with Gasteiger partial charge in [0, 0.05) is 27.3 Å². The predicted molar refractivity (Wildman–Crippen MR) is 93.8 cm³/mol. The highest BCUT2D eigenvalue weighted by Gasteiger charge is 2.24. The minimum Gasteiger partial charge on any atom is -0.377 e. The van der Waals surface area contributed by atoms with Crippen molar-refractivity contribution in [2.45, 2.75) is 25.3 Å². The second-order valence-corrected chi connectivity index (χ2v) is 6.42. The Hall–Kier alpha value is -2.44. The summed E-state index contributed by atoms with van der Waals surface area (Å²) in [6, 6.07) is 16.1. The third-order valence-electron chi connectivity index (χ3n) is 4.52. The molecule has 0 fully saturated rings. The molecule has 1 heterocycles. The molecule has 0 saturated heterocycles. The number of hydrogen-bond acceptors (Lipinski definition) is 2. The Bertz CT molecular complexity index is 903. The van der Waals surface area contributed by atoms with Gasteiger partial charge in [0.1, 0.15) is 0 Å². The van der Waals surface area contributed by atoms with Crippen LogP contribution in [0.25, 0.3) is 10.9 Å². The maximum atomic E-state index is 8.90. The van der Waals surface area contributed by atoms with Gasteiger partial charge in [-0.05, 0) is 67.3 Å². The Morgan fingerprint density at radius 2 is 2.00 bits per heavy atom. The van der Waals surface area contributed by atoms with E-state index >= 15 is 0 Å². The van der Waals surface area contributed by atoms with Crippen molar-refractivity contribution in [2.24, 2.45) is 0 Å². The molecule has 0 radical (unpaired) electrons. The van der Waals surface area contributed by atoms with Gasteiger partial charge in [-0.15, -0.1) is 0 Å². The van der Waals surface area contributed by atoms with Gasteiger partial charge in [-0.3, -0.25) is 0 Å². The molecule has 2 aromatic carbocycles. The summed E-state index contributed by atoms with van der Waals surface area (Å²) in [6.07, 6.45) is 3.33. The SMILES string of the molecule is N#Cc1ccc(N[C@@H]2CCCc3c2[nH]c2ccc(Cl)cc32)cc1. The minimum absolute atomic E-state index is 0.262. The van der Waals surface area contributed by atoms with E-state index in [-0.39, 0.29) is 6.04 Å². The summed E-state index contributed by atoms with van der Waals surface area (Å²) in [4.78, 5) is 3.56. The van der Waals surface area contributed by atoms with Gasteiger partial charge in [0.15, 0.2) is 0 Å². The van der Waals surface area contributed by atoms with Gasteiger partial charge in [0.05, 0.1) is 17.7 Å². The molecule has 1 aliphatic carbocycles. The Balaban J connectivity index is 1.69. The molecule has 3 nitrogen and oxygen atoms in total. The molecule has 0 aliphatic heterocycles. The van der Waals surface area contributed by atoms with Crippen LogP contribution in [-0.2, 0) is 6.42 Å². The molecule has 1 aromatic heterocycles. The van der Waals surface area contributed by atoms with E-state index in [9.17, 15) is 0 Å². The first kappa shape index (κ1) is 14.2. The number of aromatic amines is 1. The van der Waals surface area contributed by atoms with Crippen molar-refractivity contribution in [1.29, 1.82) is 5.26 Å². The van der Waals surface area contributed by atoms with Crippen LogP contribution in [0.4, 0.5) is 5.69 Å². The van der Waals surface area contributed by atoms with Gasteiger partial charge in [0.25, 0.3) is 0 Å². The fourth-order valence-electron chi connectivity index (χ4n) is 3.42. The molecule has 4 heteroatoms. The van der Waals surface area contributed by atoms with E-state index < -0.39 is 0 Å². The molecule has 0 bridgehead atoms. The molecule has 1 atom stereocenters. The third-order valence-corrected chi connectivity index (χ3v) is 4.76. The number of nitriles is 1. The van der Waals surface area contributed by atoms with Gasteiger partial charge >= 0.3 is 0 Å². The Labute approximate surface area is 139 Å². The summed E-state index contributed by atoms with van der Waals surface area (Å²) >= 11 is 6.16. The highest BCUT2D eigenvalue weighted by molar-refractivity contribution is 6.31. The molecule has 0 spiro atoms. The number of rotatable bonds is 2. The van der Waals surface area contributed by atoms with Crippen molar-refractivity contribution in [3.05, 3.63) is 64.3 Å². The van der Waals surface area contributed by atoms with Crippen LogP contribution in [0, 0.1) is 11.3 Å². The van der Waals surface area contributed by atoms with E-state index in [2.05, 4.69) is 28.5 Å². The van der Waals surface area contributed by atoms with E-state index in [0.29, 0.717) is 5.56 Å². The number of nitrogens with zero attached hydrogens (tertiary/aromatic N) is 1. The van der Waals surface area contributed by atoms with Gasteiger partial charge in [-0.25, -0.2) is 0 Å². The fourth-order valence-corrected chi connectivity index (χ4v) is 3.59. The molecule has 0 saturated carbocycles. The average molecular weight is 322 g/mol. The maximum Gasteiger partial charge on any atom is 0.0991 e. The van der Waals surface area contributed by atoms with Gasteiger partial charge in [-0.1, -0.05) is 11.6 Å². The number of hydrogen-bond donors (Lipinski definition) is 2. The lowest BCUT2D eigenvalue weighted by Gasteiger charge is -2.24. The lowest BCUT2D eigenvalue weighted by atomic mass is 9.91. The molecular weight excluding hydrogens is 306 g/mol. The Morgan fingerprint density at radius 3 is 2.78 bits per heavy atom. The minimum atomic E-state index is 0.262. The van der Waals surface area contributed by atoms with Crippen LogP contribution in [0.2, 0.25) is 5.02 Å². The van der Waals surface area contributed by atoms with Crippen LogP contribution in [0.15, 0.2) is 42.5 Å². The van der Waals surface area contributed by atoms with Gasteiger partial charge < -0.3 is 10.3 Å². The summed E-state index contributed by atoms with van der Waals surface area (Å²) in [5, 5.41) is 14.5. The number of anilines is 1. The van der Waals surface area contributed by atoms with Crippen molar-refractivity contribution in [3.8, 4) is 6.07 Å². The number of halogens is 1. The second-order valence-electron chi connectivity index (χ2n) is 5.99. The van der Waals surface area contributed by atoms with Gasteiger partial charge in [-0.2, -0.15) is 5.26 Å². The van der Waals surface area contributed by atoms with E-state index in [1.807, 2.05) is 30.3 Å². The number of nitrogens with one attached hydrogen (secondary N) is 2. The third kappa shape index (κ3) is 2.56. The maximum absolute atomic E-state index is 8.90. The van der Waals surface area contributed by atoms with Gasteiger partial charge in [0.2, 0.25) is 0 Å². The number of H-pyrrole nitrogens is 1. The van der Waals surface area contributed by atoms with E-state index in [1.165, 1.54) is 16.6 Å². The zero-order valence-corrected chi connectivity index (χ0v) is 13.3. The zero-order valence-electron chi connectivity index (χ0n) is 12.6. The summed E-state index contributed by atoms with van der Waals surface area (Å²) < 4.78 is 0. The van der Waals surface area contributed by atoms with Crippen LogP contribution < -0.4 is 5.32 Å². The van der Waals surface area contributed by atoms with Crippen molar-refractivity contribution in [1.82, 2.24) is 4.98 Å². The number of aromatic nitrogens is 1. The van der Waals surface area contributed by atoms with E-state index in [1.54, 1.807) is 0 Å². The second kappa shape index (κ2) is 5.64. The fraction of sp³-hybridized carbons (Fsp3) is 0.211. The number of fused-ring (bicyclic) bond motifs is 3. The quantitative estimate of drug-likeness (QED) is 0.683. The Morgan fingerprint density at radius 1 is 1.17 bits per heavy atom. The lowest BCUT2D eigenvalue weighted by molar-refractivity contribution is 0.593. The van der Waals surface area contributed by atoms with Crippen molar-refractivity contribution in [3.63, 3.8) is 0 Å². The molecule has 3 aromatic rings. The molecule has 4 rings (SSSR count). The summed E-state index contributed by atoms with van der Waals surface area (Å²) in [5.41, 5.74) is 5.50. The molecular formula is C19H16ClN3. The summed E-state index contributed by atoms with van der Waals surface area (Å²) in [6.45, 7) is 0. The molecule has 2 N–H and O–H groups in total. The number of benzene rings is 2. The first-order valence-corrected chi connectivity index (χ1v) is 8.19. The molecule has 0 unspecified atom stereocenters.